The Kier molecular flexibility index (Phi) is 5.09. The highest BCUT2D eigenvalue weighted by Crippen LogP contribution is 2.29. The molecule has 1 atom stereocenters. The molecule has 0 spiro atoms. The number of hydrogen-bond donors (Lipinski definition) is 0. The summed E-state index contributed by atoms with van der Waals surface area (Å²) in [7, 11) is 0. The highest BCUT2D eigenvalue weighted by Gasteiger charge is 2.28. The van der Waals surface area contributed by atoms with Gasteiger partial charge in [0, 0.05) is 0 Å². The standard InChI is InChI=1S/C13H7F5O3S/c14-8-9(15)11(17)13(12(18)10(8)16)21-22(19)20-6-7-4-2-1-3-5-7/h1-5H,6H2. The third kappa shape index (κ3) is 3.42. The van der Waals surface area contributed by atoms with Crippen LogP contribution < -0.4 is 4.18 Å². The van der Waals surface area contributed by atoms with Gasteiger partial charge in [0.15, 0.2) is 0 Å². The van der Waals surface area contributed by atoms with Crippen LogP contribution in [0.5, 0.6) is 5.75 Å². The summed E-state index contributed by atoms with van der Waals surface area (Å²) in [5.41, 5.74) is 0.567. The Labute approximate surface area is 124 Å². The van der Waals surface area contributed by atoms with E-state index < -0.39 is 46.2 Å². The Morgan fingerprint density at radius 3 is 1.86 bits per heavy atom. The second-order valence-electron chi connectivity index (χ2n) is 3.93. The van der Waals surface area contributed by atoms with E-state index in [0.717, 1.165) is 0 Å². The lowest BCUT2D eigenvalue weighted by Gasteiger charge is -2.08. The van der Waals surface area contributed by atoms with Crippen molar-refractivity contribution in [2.24, 2.45) is 0 Å². The average molecular weight is 338 g/mol. The third-order valence-corrected chi connectivity index (χ3v) is 3.10. The SMILES string of the molecule is O=S(OCc1ccccc1)Oc1c(F)c(F)c(F)c(F)c1F. The Morgan fingerprint density at radius 2 is 1.32 bits per heavy atom. The molecule has 3 nitrogen and oxygen atoms in total. The lowest BCUT2D eigenvalue weighted by molar-refractivity contribution is 0.287. The highest BCUT2D eigenvalue weighted by molar-refractivity contribution is 7.75. The second-order valence-corrected chi connectivity index (χ2v) is 4.74. The summed E-state index contributed by atoms with van der Waals surface area (Å²) in [6.45, 7) is -0.247. The fourth-order valence-electron chi connectivity index (χ4n) is 1.44. The molecule has 0 fully saturated rings. The van der Waals surface area contributed by atoms with Crippen LogP contribution in [0.2, 0.25) is 0 Å². The van der Waals surface area contributed by atoms with Gasteiger partial charge in [-0.1, -0.05) is 30.3 Å². The van der Waals surface area contributed by atoms with Gasteiger partial charge < -0.3 is 4.18 Å². The van der Waals surface area contributed by atoms with Crippen LogP contribution in [0, 0.1) is 29.1 Å². The number of benzene rings is 2. The first-order valence-electron chi connectivity index (χ1n) is 5.70. The normalized spacial score (nSPS) is 12.2. The van der Waals surface area contributed by atoms with Crippen molar-refractivity contribution in [2.75, 3.05) is 0 Å². The molecule has 0 aromatic heterocycles. The lowest BCUT2D eigenvalue weighted by atomic mass is 10.2. The van der Waals surface area contributed by atoms with Crippen LogP contribution in [0.4, 0.5) is 22.0 Å². The van der Waals surface area contributed by atoms with Crippen LogP contribution in [0.1, 0.15) is 5.56 Å². The molecule has 1 unspecified atom stereocenters. The first-order chi connectivity index (χ1) is 10.4. The van der Waals surface area contributed by atoms with E-state index in [9.17, 15) is 26.2 Å². The summed E-state index contributed by atoms with van der Waals surface area (Å²) in [4.78, 5) is 0. The average Bonchev–Trinajstić information content (AvgIpc) is 2.54. The Bertz CT molecular complexity index is 680. The number of halogens is 5. The predicted molar refractivity (Wildman–Crippen MR) is 66.2 cm³/mol. The molecule has 9 heteroatoms. The van der Waals surface area contributed by atoms with E-state index in [4.69, 9.17) is 0 Å². The lowest BCUT2D eigenvalue weighted by Crippen LogP contribution is -2.11. The van der Waals surface area contributed by atoms with Crippen molar-refractivity contribution >= 4 is 11.4 Å². The van der Waals surface area contributed by atoms with Crippen molar-refractivity contribution in [2.45, 2.75) is 6.61 Å². The molecule has 22 heavy (non-hydrogen) atoms. The van der Waals surface area contributed by atoms with Crippen LogP contribution in [-0.2, 0) is 22.2 Å². The minimum atomic E-state index is -2.75. The molecular formula is C13H7F5O3S. The monoisotopic (exact) mass is 338 g/mol. The first kappa shape index (κ1) is 16.4. The fraction of sp³-hybridized carbons (Fsp3) is 0.0769. The predicted octanol–water partition coefficient (Wildman–Crippen LogP) is 3.56. The quantitative estimate of drug-likeness (QED) is 0.475. The molecule has 2 rings (SSSR count). The zero-order valence-corrected chi connectivity index (χ0v) is 11.4. The molecule has 0 aliphatic rings. The van der Waals surface area contributed by atoms with Crippen LogP contribution in [0.3, 0.4) is 0 Å². The first-order valence-corrected chi connectivity index (χ1v) is 6.70. The fourth-order valence-corrected chi connectivity index (χ4v) is 2.00. The van der Waals surface area contributed by atoms with Gasteiger partial charge >= 0.3 is 11.4 Å². The van der Waals surface area contributed by atoms with Gasteiger partial charge in [0.05, 0.1) is 6.61 Å². The van der Waals surface area contributed by atoms with E-state index in [1.165, 1.54) is 0 Å². The number of rotatable bonds is 5. The molecule has 0 radical (unpaired) electrons. The van der Waals surface area contributed by atoms with E-state index in [-0.39, 0.29) is 6.61 Å². The third-order valence-electron chi connectivity index (χ3n) is 2.49. The minimum Gasteiger partial charge on any atom is -0.373 e. The summed E-state index contributed by atoms with van der Waals surface area (Å²) in [6, 6.07) is 8.25. The molecule has 0 heterocycles. The highest BCUT2D eigenvalue weighted by atomic mass is 32.2. The van der Waals surface area contributed by atoms with Gasteiger partial charge in [-0.15, -0.1) is 0 Å². The van der Waals surface area contributed by atoms with Crippen molar-refractivity contribution < 1.29 is 34.5 Å². The molecule has 0 aliphatic carbocycles. The van der Waals surface area contributed by atoms with Crippen molar-refractivity contribution in [1.82, 2.24) is 0 Å². The maximum Gasteiger partial charge on any atom is 0.360 e. The molecule has 0 saturated heterocycles. The van der Waals surface area contributed by atoms with E-state index >= 15 is 0 Å². The summed E-state index contributed by atoms with van der Waals surface area (Å²) < 4.78 is 85.4. The summed E-state index contributed by atoms with van der Waals surface area (Å²) in [5, 5.41) is 0. The zero-order valence-electron chi connectivity index (χ0n) is 10.6. The molecule has 0 saturated carbocycles. The summed E-state index contributed by atoms with van der Waals surface area (Å²) in [5.74, 6) is -12.9. The van der Waals surface area contributed by atoms with Gasteiger partial charge in [-0.3, -0.25) is 4.18 Å². The zero-order chi connectivity index (χ0) is 16.3. The Hall–Kier alpha value is -2.00. The van der Waals surface area contributed by atoms with Crippen molar-refractivity contribution in [3.05, 3.63) is 65.0 Å². The molecule has 2 aromatic rings. The second kappa shape index (κ2) is 6.84. The Balaban J connectivity index is 2.12. The van der Waals surface area contributed by atoms with Gasteiger partial charge in [-0.25, -0.2) is 13.2 Å². The van der Waals surface area contributed by atoms with Crippen molar-refractivity contribution in [1.29, 1.82) is 0 Å². The molecule has 0 bridgehead atoms. The van der Waals surface area contributed by atoms with Gasteiger partial charge in [0.2, 0.25) is 34.8 Å². The molecule has 0 aliphatic heterocycles. The summed E-state index contributed by atoms with van der Waals surface area (Å²) in [6.07, 6.45) is 0. The van der Waals surface area contributed by atoms with Gasteiger partial charge in [-0.2, -0.15) is 13.0 Å². The Morgan fingerprint density at radius 1 is 0.818 bits per heavy atom. The van der Waals surface area contributed by atoms with Gasteiger partial charge in [0.1, 0.15) is 0 Å². The topological polar surface area (TPSA) is 35.5 Å². The molecule has 0 N–H and O–H groups in total. The van der Waals surface area contributed by atoms with Gasteiger partial charge in [0.25, 0.3) is 0 Å². The molecule has 2 aromatic carbocycles. The van der Waals surface area contributed by atoms with Crippen LogP contribution >= 0.6 is 0 Å². The van der Waals surface area contributed by atoms with Crippen LogP contribution in [0.15, 0.2) is 30.3 Å². The van der Waals surface area contributed by atoms with Crippen LogP contribution in [-0.4, -0.2) is 4.21 Å². The largest absolute Gasteiger partial charge is 0.373 e. The van der Waals surface area contributed by atoms with Crippen molar-refractivity contribution in [3.63, 3.8) is 0 Å². The minimum absolute atomic E-state index is 0.247. The van der Waals surface area contributed by atoms with E-state index in [2.05, 4.69) is 8.37 Å². The number of hydrogen-bond acceptors (Lipinski definition) is 3. The van der Waals surface area contributed by atoms with E-state index in [0.29, 0.717) is 5.56 Å². The van der Waals surface area contributed by atoms with Crippen molar-refractivity contribution in [3.8, 4) is 5.75 Å². The van der Waals surface area contributed by atoms with Gasteiger partial charge in [-0.05, 0) is 5.56 Å². The maximum atomic E-state index is 13.3. The smallest absolute Gasteiger partial charge is 0.360 e. The molecular weight excluding hydrogens is 331 g/mol. The maximum absolute atomic E-state index is 13.3. The molecule has 0 amide bonds. The van der Waals surface area contributed by atoms with E-state index in [1.807, 2.05) is 0 Å². The molecule has 118 valence electrons. The van der Waals surface area contributed by atoms with Crippen LogP contribution in [0.25, 0.3) is 0 Å². The summed E-state index contributed by atoms with van der Waals surface area (Å²) >= 11 is -2.75. The van der Waals surface area contributed by atoms with E-state index in [1.54, 1.807) is 30.3 Å².